The molecule has 7 nitrogen and oxygen atoms in total. The number of nitrogens with zero attached hydrogens (tertiary/aromatic N) is 1. The van der Waals surface area contributed by atoms with Gasteiger partial charge in [-0.05, 0) is 51.4 Å². The molecule has 0 radical (unpaired) electrons. The molecule has 1 fully saturated rings. The molecule has 8 heteroatoms. The summed E-state index contributed by atoms with van der Waals surface area (Å²) in [5.41, 5.74) is 7.00. The second kappa shape index (κ2) is 10.2. The quantitative estimate of drug-likeness (QED) is 0.463. The molecule has 28 heavy (non-hydrogen) atoms. The van der Waals surface area contributed by atoms with Crippen molar-refractivity contribution in [2.75, 3.05) is 36.9 Å². The Labute approximate surface area is 165 Å². The molecule has 1 aromatic carbocycles. The number of hydrogen-bond acceptors (Lipinski definition) is 6. The molecule has 0 saturated carbocycles. The number of nitrogens with one attached hydrogen (secondary N) is 2. The van der Waals surface area contributed by atoms with Crippen LogP contribution >= 0.6 is 0 Å². The molecule has 1 amide bonds. The molecule has 1 aromatic rings. The minimum atomic E-state index is -0.662. The van der Waals surface area contributed by atoms with Crippen LogP contribution in [0.1, 0.15) is 26.7 Å². The molecule has 1 heterocycles. The van der Waals surface area contributed by atoms with Crippen LogP contribution in [0.15, 0.2) is 30.4 Å². The molecule has 0 aliphatic carbocycles. The lowest BCUT2D eigenvalue weighted by Crippen LogP contribution is -2.43. The first-order valence-corrected chi connectivity index (χ1v) is 9.43. The number of carbonyl (C=O) groups is 2. The third-order valence-electron chi connectivity index (χ3n) is 4.51. The molecule has 2 atom stereocenters. The van der Waals surface area contributed by atoms with Crippen molar-refractivity contribution in [3.05, 3.63) is 36.2 Å². The summed E-state index contributed by atoms with van der Waals surface area (Å²) in [6.45, 7) is 9.31. The van der Waals surface area contributed by atoms with Gasteiger partial charge in [-0.1, -0.05) is 6.58 Å². The van der Waals surface area contributed by atoms with Crippen LogP contribution in [0, 0.1) is 5.82 Å². The van der Waals surface area contributed by atoms with Gasteiger partial charge in [0.1, 0.15) is 12.4 Å². The van der Waals surface area contributed by atoms with E-state index in [9.17, 15) is 14.0 Å². The van der Waals surface area contributed by atoms with E-state index in [0.29, 0.717) is 30.1 Å². The summed E-state index contributed by atoms with van der Waals surface area (Å²) in [6, 6.07) is 3.61. The normalized spacial score (nSPS) is 18.2. The second-order valence-electron chi connectivity index (χ2n) is 7.17. The van der Waals surface area contributed by atoms with E-state index in [-0.39, 0.29) is 23.7 Å². The van der Waals surface area contributed by atoms with Gasteiger partial charge in [0, 0.05) is 24.7 Å². The Morgan fingerprint density at radius 1 is 1.43 bits per heavy atom. The van der Waals surface area contributed by atoms with Crippen molar-refractivity contribution in [3.8, 4) is 0 Å². The zero-order chi connectivity index (χ0) is 20.7. The van der Waals surface area contributed by atoms with Crippen LogP contribution in [-0.4, -0.2) is 55.1 Å². The first-order chi connectivity index (χ1) is 13.3. The van der Waals surface area contributed by atoms with Gasteiger partial charge in [-0.15, -0.1) is 0 Å². The maximum atomic E-state index is 13.7. The van der Waals surface area contributed by atoms with Gasteiger partial charge in [0.2, 0.25) is 5.91 Å². The van der Waals surface area contributed by atoms with Gasteiger partial charge in [-0.25, -0.2) is 9.18 Å². The SMILES string of the molecule is C=C(C)C(=O)OCCN1CCC[C@H](Nc2cc(F)ccc2NC(=O)[C@H](C)N)C1. The first kappa shape index (κ1) is 21.8. The summed E-state index contributed by atoms with van der Waals surface area (Å²) < 4.78 is 18.9. The zero-order valence-electron chi connectivity index (χ0n) is 16.5. The number of hydrogen-bond donors (Lipinski definition) is 3. The Morgan fingerprint density at radius 3 is 2.86 bits per heavy atom. The maximum absolute atomic E-state index is 13.7. The Bertz CT molecular complexity index is 723. The summed E-state index contributed by atoms with van der Waals surface area (Å²) in [4.78, 5) is 25.6. The van der Waals surface area contributed by atoms with Crippen molar-refractivity contribution < 1.29 is 18.7 Å². The number of likely N-dealkylation sites (tertiary alicyclic amines) is 1. The second-order valence-corrected chi connectivity index (χ2v) is 7.17. The van der Waals surface area contributed by atoms with E-state index in [0.717, 1.165) is 25.9 Å². The number of amides is 1. The van der Waals surface area contributed by atoms with Crippen molar-refractivity contribution >= 4 is 23.3 Å². The number of ether oxygens (including phenoxy) is 1. The minimum Gasteiger partial charge on any atom is -0.461 e. The topological polar surface area (TPSA) is 96.7 Å². The number of rotatable bonds is 8. The molecular formula is C20H29FN4O3. The van der Waals surface area contributed by atoms with Crippen LogP contribution in [0.3, 0.4) is 0 Å². The van der Waals surface area contributed by atoms with Gasteiger partial charge in [0.15, 0.2) is 0 Å². The minimum absolute atomic E-state index is 0.0818. The van der Waals surface area contributed by atoms with E-state index < -0.39 is 6.04 Å². The molecule has 0 unspecified atom stereocenters. The molecular weight excluding hydrogens is 363 g/mol. The van der Waals surface area contributed by atoms with E-state index in [4.69, 9.17) is 10.5 Å². The van der Waals surface area contributed by atoms with E-state index in [2.05, 4.69) is 22.1 Å². The number of halogens is 1. The predicted octanol–water partition coefficient (Wildman–Crippen LogP) is 2.11. The van der Waals surface area contributed by atoms with Crippen molar-refractivity contribution in [1.29, 1.82) is 0 Å². The number of anilines is 2. The van der Waals surface area contributed by atoms with E-state index in [1.54, 1.807) is 13.8 Å². The Balaban J connectivity index is 1.95. The summed E-state index contributed by atoms with van der Waals surface area (Å²) in [5, 5.41) is 6.05. The monoisotopic (exact) mass is 392 g/mol. The van der Waals surface area contributed by atoms with Crippen molar-refractivity contribution in [1.82, 2.24) is 4.90 Å². The zero-order valence-corrected chi connectivity index (χ0v) is 16.5. The molecule has 1 aliphatic heterocycles. The highest BCUT2D eigenvalue weighted by Gasteiger charge is 2.21. The van der Waals surface area contributed by atoms with E-state index in [1.807, 2.05) is 0 Å². The van der Waals surface area contributed by atoms with Crippen LogP contribution in [0.4, 0.5) is 15.8 Å². The fourth-order valence-electron chi connectivity index (χ4n) is 2.98. The standard InChI is InChI=1S/C20H29FN4O3/c1-13(2)20(27)28-10-9-25-8-4-5-16(12-25)23-18-11-15(21)6-7-17(18)24-19(26)14(3)22/h6-7,11,14,16,23H,1,4-5,8-10,12,22H2,2-3H3,(H,24,26)/t14-,16-/m0/s1. The van der Waals surface area contributed by atoms with Crippen LogP contribution in [-0.2, 0) is 14.3 Å². The number of carbonyl (C=O) groups excluding carboxylic acids is 2. The lowest BCUT2D eigenvalue weighted by atomic mass is 10.0. The number of esters is 1. The Kier molecular flexibility index (Phi) is 7.95. The lowest BCUT2D eigenvalue weighted by molar-refractivity contribution is -0.139. The first-order valence-electron chi connectivity index (χ1n) is 9.43. The molecule has 0 aromatic heterocycles. The summed E-state index contributed by atoms with van der Waals surface area (Å²) in [5.74, 6) is -1.11. The summed E-state index contributed by atoms with van der Waals surface area (Å²) >= 11 is 0. The molecule has 0 bridgehead atoms. The Hall–Kier alpha value is -2.45. The van der Waals surface area contributed by atoms with Crippen LogP contribution in [0.5, 0.6) is 0 Å². The fraction of sp³-hybridized carbons (Fsp3) is 0.500. The molecule has 1 aliphatic rings. The van der Waals surface area contributed by atoms with Crippen molar-refractivity contribution in [2.24, 2.45) is 5.73 Å². The highest BCUT2D eigenvalue weighted by Crippen LogP contribution is 2.25. The van der Waals surface area contributed by atoms with Crippen LogP contribution in [0.25, 0.3) is 0 Å². The average molecular weight is 392 g/mol. The molecule has 154 valence electrons. The molecule has 0 spiro atoms. The number of nitrogens with two attached hydrogens (primary N) is 1. The van der Waals surface area contributed by atoms with Gasteiger partial charge >= 0.3 is 5.97 Å². The van der Waals surface area contributed by atoms with Gasteiger partial charge in [-0.3, -0.25) is 9.69 Å². The third-order valence-corrected chi connectivity index (χ3v) is 4.51. The number of piperidine rings is 1. The van der Waals surface area contributed by atoms with Gasteiger partial charge in [0.05, 0.1) is 17.4 Å². The van der Waals surface area contributed by atoms with Gasteiger partial charge < -0.3 is 21.1 Å². The fourth-order valence-corrected chi connectivity index (χ4v) is 2.98. The number of benzene rings is 1. The summed E-state index contributed by atoms with van der Waals surface area (Å²) in [6.07, 6.45) is 1.88. The van der Waals surface area contributed by atoms with Crippen molar-refractivity contribution in [2.45, 2.75) is 38.8 Å². The van der Waals surface area contributed by atoms with Gasteiger partial charge in [0.25, 0.3) is 0 Å². The van der Waals surface area contributed by atoms with Crippen LogP contribution < -0.4 is 16.4 Å². The lowest BCUT2D eigenvalue weighted by Gasteiger charge is -2.34. The predicted molar refractivity (Wildman–Crippen MR) is 108 cm³/mol. The van der Waals surface area contributed by atoms with E-state index >= 15 is 0 Å². The highest BCUT2D eigenvalue weighted by molar-refractivity contribution is 5.97. The van der Waals surface area contributed by atoms with Crippen LogP contribution in [0.2, 0.25) is 0 Å². The van der Waals surface area contributed by atoms with E-state index in [1.165, 1.54) is 18.2 Å². The maximum Gasteiger partial charge on any atom is 0.333 e. The smallest absolute Gasteiger partial charge is 0.333 e. The third kappa shape index (κ3) is 6.61. The molecule has 1 saturated heterocycles. The summed E-state index contributed by atoms with van der Waals surface area (Å²) in [7, 11) is 0. The largest absolute Gasteiger partial charge is 0.461 e. The van der Waals surface area contributed by atoms with Crippen molar-refractivity contribution in [3.63, 3.8) is 0 Å². The highest BCUT2D eigenvalue weighted by atomic mass is 19.1. The molecule has 2 rings (SSSR count). The average Bonchev–Trinajstić information content (AvgIpc) is 2.64. The van der Waals surface area contributed by atoms with Gasteiger partial charge in [-0.2, -0.15) is 0 Å². The Morgan fingerprint density at radius 2 is 2.18 bits per heavy atom. The molecule has 4 N–H and O–H groups in total.